The first kappa shape index (κ1) is 21.3. The maximum Gasteiger partial charge on any atom is 0.193 e. The van der Waals surface area contributed by atoms with E-state index in [4.69, 9.17) is 9.16 Å². The molecular formula is C23H33NO2Si. The van der Waals surface area contributed by atoms with Crippen molar-refractivity contribution in [2.75, 3.05) is 19.5 Å². The van der Waals surface area contributed by atoms with Crippen LogP contribution in [0.25, 0.3) is 6.08 Å². The van der Waals surface area contributed by atoms with Crippen molar-refractivity contribution in [3.63, 3.8) is 0 Å². The molecule has 1 N–H and O–H groups in total. The maximum absolute atomic E-state index is 6.83. The lowest BCUT2D eigenvalue weighted by Crippen LogP contribution is -2.41. The molecule has 0 saturated heterocycles. The zero-order valence-electron chi connectivity index (χ0n) is 17.7. The topological polar surface area (TPSA) is 30.5 Å². The van der Waals surface area contributed by atoms with Crippen LogP contribution in [0.3, 0.4) is 0 Å². The summed E-state index contributed by atoms with van der Waals surface area (Å²) in [5, 5.41) is 3.41. The highest BCUT2D eigenvalue weighted by Crippen LogP contribution is 2.43. The van der Waals surface area contributed by atoms with Crippen LogP contribution in [-0.4, -0.2) is 22.5 Å². The van der Waals surface area contributed by atoms with Crippen molar-refractivity contribution in [2.24, 2.45) is 0 Å². The highest BCUT2D eigenvalue weighted by molar-refractivity contribution is 6.74. The smallest absolute Gasteiger partial charge is 0.193 e. The number of rotatable bonds is 7. The summed E-state index contributed by atoms with van der Waals surface area (Å²) in [6.45, 7) is 11.4. The Hall–Kier alpha value is -2.04. The summed E-state index contributed by atoms with van der Waals surface area (Å²) >= 11 is 0. The van der Waals surface area contributed by atoms with Gasteiger partial charge in [-0.2, -0.15) is 0 Å². The molecule has 0 fully saturated rings. The molecular weight excluding hydrogens is 350 g/mol. The predicted molar refractivity (Wildman–Crippen MR) is 119 cm³/mol. The molecule has 27 heavy (non-hydrogen) atoms. The Balaban J connectivity index is 2.52. The molecule has 3 nitrogen and oxygen atoms in total. The molecule has 0 heterocycles. The predicted octanol–water partition coefficient (Wildman–Crippen LogP) is 6.51. The highest BCUT2D eigenvalue weighted by atomic mass is 28.4. The second kappa shape index (κ2) is 8.76. The van der Waals surface area contributed by atoms with Crippen molar-refractivity contribution in [1.29, 1.82) is 0 Å². The number of benzene rings is 2. The Morgan fingerprint density at radius 3 is 2.22 bits per heavy atom. The van der Waals surface area contributed by atoms with E-state index in [2.05, 4.69) is 69.5 Å². The second-order valence-electron chi connectivity index (χ2n) is 8.24. The van der Waals surface area contributed by atoms with Gasteiger partial charge in [0.1, 0.15) is 5.75 Å². The second-order valence-corrected chi connectivity index (χ2v) is 13.0. The lowest BCUT2D eigenvalue weighted by Gasteiger charge is -2.39. The molecule has 2 rings (SSSR count). The van der Waals surface area contributed by atoms with Gasteiger partial charge in [0, 0.05) is 18.3 Å². The van der Waals surface area contributed by atoms with Crippen LogP contribution in [0.4, 0.5) is 5.69 Å². The molecule has 2 aromatic rings. The van der Waals surface area contributed by atoms with E-state index >= 15 is 0 Å². The van der Waals surface area contributed by atoms with E-state index in [1.54, 1.807) is 7.11 Å². The van der Waals surface area contributed by atoms with Crippen molar-refractivity contribution >= 4 is 20.1 Å². The Morgan fingerprint density at radius 1 is 1.00 bits per heavy atom. The van der Waals surface area contributed by atoms with Crippen LogP contribution in [0.2, 0.25) is 18.1 Å². The quantitative estimate of drug-likeness (QED) is 0.553. The fraction of sp³-hybridized carbons (Fsp3) is 0.391. The summed E-state index contributed by atoms with van der Waals surface area (Å²) < 4.78 is 12.5. The van der Waals surface area contributed by atoms with E-state index in [0.29, 0.717) is 0 Å². The Labute approximate surface area is 165 Å². The van der Waals surface area contributed by atoms with Gasteiger partial charge in [-0.1, -0.05) is 69.3 Å². The molecule has 0 aliphatic heterocycles. The highest BCUT2D eigenvalue weighted by Gasteiger charge is 2.39. The number of methoxy groups -OCH3 is 1. The first-order valence-corrected chi connectivity index (χ1v) is 12.4. The van der Waals surface area contributed by atoms with Crippen LogP contribution < -0.4 is 10.1 Å². The van der Waals surface area contributed by atoms with Gasteiger partial charge in [-0.05, 0) is 35.8 Å². The van der Waals surface area contributed by atoms with Gasteiger partial charge in [-0.15, -0.1) is 0 Å². The molecule has 0 saturated carbocycles. The number of anilines is 1. The SMILES string of the molecule is CNc1cccc(OC)c1C(/C=C/c1ccccc1)O[Si](C)(C)C(C)(C)C. The van der Waals surface area contributed by atoms with E-state index < -0.39 is 8.32 Å². The minimum absolute atomic E-state index is 0.119. The molecule has 2 aromatic carbocycles. The van der Waals surface area contributed by atoms with Gasteiger partial charge in [0.05, 0.1) is 13.2 Å². The Kier molecular flexibility index (Phi) is 6.90. The Bertz CT molecular complexity index is 741. The molecule has 4 heteroatoms. The van der Waals surface area contributed by atoms with Crippen molar-refractivity contribution < 1.29 is 9.16 Å². The van der Waals surface area contributed by atoms with Crippen molar-refractivity contribution in [3.8, 4) is 5.75 Å². The van der Waals surface area contributed by atoms with E-state index in [0.717, 1.165) is 22.6 Å². The molecule has 1 atom stereocenters. The average Bonchev–Trinajstić information content (AvgIpc) is 2.64. The summed E-state index contributed by atoms with van der Waals surface area (Å²) in [5.74, 6) is 0.836. The molecule has 0 aromatic heterocycles. The third-order valence-electron chi connectivity index (χ3n) is 5.33. The fourth-order valence-corrected chi connectivity index (χ4v) is 3.87. The lowest BCUT2D eigenvalue weighted by molar-refractivity contribution is 0.225. The number of hydrogen-bond acceptors (Lipinski definition) is 3. The normalized spacial score (nSPS) is 13.6. The summed E-state index contributed by atoms with van der Waals surface area (Å²) in [6, 6.07) is 16.4. The largest absolute Gasteiger partial charge is 0.496 e. The zero-order chi connectivity index (χ0) is 20.1. The molecule has 1 unspecified atom stereocenters. The standard InChI is InChI=1S/C23H33NO2Si/c1-23(2,3)27(6,7)26-21(17-16-18-12-9-8-10-13-18)22-19(24-4)14-11-15-20(22)25-5/h8-17,21,24H,1-7H3/b17-16+. The molecule has 0 spiro atoms. The minimum Gasteiger partial charge on any atom is -0.496 e. The average molecular weight is 384 g/mol. The summed E-state index contributed by atoms with van der Waals surface area (Å²) in [6.07, 6.45) is 4.09. The third kappa shape index (κ3) is 5.24. The third-order valence-corrected chi connectivity index (χ3v) is 9.79. The molecule has 146 valence electrons. The summed E-state index contributed by atoms with van der Waals surface area (Å²) in [4.78, 5) is 0. The van der Waals surface area contributed by atoms with Gasteiger partial charge in [-0.3, -0.25) is 0 Å². The van der Waals surface area contributed by atoms with E-state index in [9.17, 15) is 0 Å². The molecule has 0 bridgehead atoms. The minimum atomic E-state index is -1.99. The molecule has 0 aliphatic rings. The van der Waals surface area contributed by atoms with Gasteiger partial charge in [0.2, 0.25) is 0 Å². The van der Waals surface area contributed by atoms with Crippen LogP contribution in [-0.2, 0) is 4.43 Å². The monoisotopic (exact) mass is 383 g/mol. The summed E-state index contributed by atoms with van der Waals surface area (Å²) in [5.41, 5.74) is 3.22. The van der Waals surface area contributed by atoms with Crippen molar-refractivity contribution in [1.82, 2.24) is 0 Å². The Morgan fingerprint density at radius 2 is 1.67 bits per heavy atom. The van der Waals surface area contributed by atoms with Crippen molar-refractivity contribution in [2.45, 2.75) is 45.0 Å². The van der Waals surface area contributed by atoms with Crippen molar-refractivity contribution in [3.05, 3.63) is 65.7 Å². The van der Waals surface area contributed by atoms with E-state index in [-0.39, 0.29) is 11.1 Å². The first-order chi connectivity index (χ1) is 12.7. The fourth-order valence-electron chi connectivity index (χ4n) is 2.68. The van der Waals surface area contributed by atoms with Gasteiger partial charge in [0.25, 0.3) is 0 Å². The van der Waals surface area contributed by atoms with Crippen LogP contribution in [0.15, 0.2) is 54.6 Å². The molecule has 0 aliphatic carbocycles. The number of nitrogens with one attached hydrogen (secondary N) is 1. The van der Waals surface area contributed by atoms with Gasteiger partial charge in [0.15, 0.2) is 8.32 Å². The molecule has 0 radical (unpaired) electrons. The summed E-state index contributed by atoms with van der Waals surface area (Å²) in [7, 11) is 1.65. The van der Waals surface area contributed by atoms with Crippen LogP contribution in [0, 0.1) is 0 Å². The van der Waals surface area contributed by atoms with Gasteiger partial charge >= 0.3 is 0 Å². The first-order valence-electron chi connectivity index (χ1n) is 9.45. The van der Waals surface area contributed by atoms with Crippen LogP contribution >= 0.6 is 0 Å². The molecule has 0 amide bonds. The van der Waals surface area contributed by atoms with Crippen LogP contribution in [0.5, 0.6) is 5.75 Å². The van der Waals surface area contributed by atoms with E-state index in [1.165, 1.54) is 0 Å². The van der Waals surface area contributed by atoms with Crippen LogP contribution in [0.1, 0.15) is 38.0 Å². The van der Waals surface area contributed by atoms with Gasteiger partial charge in [-0.25, -0.2) is 0 Å². The zero-order valence-corrected chi connectivity index (χ0v) is 18.7. The van der Waals surface area contributed by atoms with Gasteiger partial charge < -0.3 is 14.5 Å². The van der Waals surface area contributed by atoms with E-state index in [1.807, 2.05) is 37.4 Å². The maximum atomic E-state index is 6.83. The lowest BCUT2D eigenvalue weighted by atomic mass is 10.0. The number of hydrogen-bond donors (Lipinski definition) is 1. The number of ether oxygens (including phenoxy) is 1.